The smallest absolute Gasteiger partial charge is 0.251 e. The average molecular weight is 290 g/mol. The van der Waals surface area contributed by atoms with Crippen molar-refractivity contribution in [3.8, 4) is 0 Å². The Balaban J connectivity index is 1.92. The van der Waals surface area contributed by atoms with Crippen LogP contribution >= 0.6 is 0 Å². The van der Waals surface area contributed by atoms with Crippen LogP contribution in [-0.2, 0) is 0 Å². The molecule has 1 saturated carbocycles. The first-order valence-corrected chi connectivity index (χ1v) is 7.40. The topological polar surface area (TPSA) is 78.4 Å². The molecule has 0 saturated heterocycles. The van der Waals surface area contributed by atoms with E-state index in [1.54, 1.807) is 31.3 Å². The first kappa shape index (κ1) is 15.5. The van der Waals surface area contributed by atoms with Crippen LogP contribution in [0.3, 0.4) is 0 Å². The Hall–Kier alpha value is -1.88. The second-order valence-electron chi connectivity index (χ2n) is 5.48. The predicted molar refractivity (Wildman–Crippen MR) is 80.1 cm³/mol. The zero-order valence-electron chi connectivity index (χ0n) is 12.3. The monoisotopic (exact) mass is 290 g/mol. The van der Waals surface area contributed by atoms with Crippen molar-refractivity contribution >= 4 is 11.8 Å². The van der Waals surface area contributed by atoms with E-state index in [1.165, 1.54) is 0 Å². The Morgan fingerprint density at radius 1 is 1.24 bits per heavy atom. The van der Waals surface area contributed by atoms with Crippen LogP contribution in [-0.4, -0.2) is 36.6 Å². The lowest BCUT2D eigenvalue weighted by molar-refractivity contribution is 0.0840. The van der Waals surface area contributed by atoms with E-state index < -0.39 is 6.10 Å². The molecule has 1 atom stereocenters. The second-order valence-corrected chi connectivity index (χ2v) is 5.48. The molecule has 1 aromatic rings. The van der Waals surface area contributed by atoms with E-state index >= 15 is 0 Å². The van der Waals surface area contributed by atoms with Gasteiger partial charge in [0.2, 0.25) is 0 Å². The molecule has 0 heterocycles. The van der Waals surface area contributed by atoms with E-state index in [2.05, 4.69) is 10.6 Å². The Labute approximate surface area is 124 Å². The maximum absolute atomic E-state index is 12.1. The second kappa shape index (κ2) is 7.22. The molecule has 3 N–H and O–H groups in total. The summed E-state index contributed by atoms with van der Waals surface area (Å²) >= 11 is 0. The summed E-state index contributed by atoms with van der Waals surface area (Å²) in [4.78, 5) is 23.6. The molecule has 0 radical (unpaired) electrons. The molecule has 21 heavy (non-hydrogen) atoms. The fraction of sp³-hybridized carbons (Fsp3) is 0.500. The van der Waals surface area contributed by atoms with Crippen LogP contribution in [0.4, 0.5) is 0 Å². The van der Waals surface area contributed by atoms with Crippen LogP contribution in [0.2, 0.25) is 0 Å². The van der Waals surface area contributed by atoms with Gasteiger partial charge >= 0.3 is 0 Å². The number of hydrogen-bond acceptors (Lipinski definition) is 3. The Bertz CT molecular complexity index is 510. The van der Waals surface area contributed by atoms with Gasteiger partial charge in [-0.25, -0.2) is 0 Å². The summed E-state index contributed by atoms with van der Waals surface area (Å²) in [6.45, 7) is 0.258. The highest BCUT2D eigenvalue weighted by molar-refractivity contribution is 5.99. The number of aliphatic hydroxyl groups is 1. The minimum atomic E-state index is -0.487. The lowest BCUT2D eigenvalue weighted by Crippen LogP contribution is -2.35. The zero-order chi connectivity index (χ0) is 15.2. The van der Waals surface area contributed by atoms with Crippen LogP contribution in [0.25, 0.3) is 0 Å². The Kier molecular flexibility index (Phi) is 5.33. The van der Waals surface area contributed by atoms with Crippen LogP contribution in [0, 0.1) is 5.92 Å². The molecule has 2 amide bonds. The summed E-state index contributed by atoms with van der Waals surface area (Å²) in [5, 5.41) is 15.3. The molecule has 0 aliphatic heterocycles. The van der Waals surface area contributed by atoms with E-state index in [0.29, 0.717) is 17.0 Å². The molecular weight excluding hydrogens is 268 g/mol. The SMILES string of the molecule is CNC(=O)c1cccc(C(=O)NCC(O)C2CCCC2)c1. The molecule has 1 fully saturated rings. The van der Waals surface area contributed by atoms with E-state index in [-0.39, 0.29) is 18.4 Å². The Morgan fingerprint density at radius 3 is 2.48 bits per heavy atom. The number of amides is 2. The number of nitrogens with one attached hydrogen (secondary N) is 2. The summed E-state index contributed by atoms with van der Waals surface area (Å²) in [5.41, 5.74) is 0.871. The summed E-state index contributed by atoms with van der Waals surface area (Å²) in [6, 6.07) is 6.54. The van der Waals surface area contributed by atoms with Crippen LogP contribution in [0.5, 0.6) is 0 Å². The highest BCUT2D eigenvalue weighted by Crippen LogP contribution is 2.27. The van der Waals surface area contributed by atoms with Gasteiger partial charge in [-0.05, 0) is 37.0 Å². The summed E-state index contributed by atoms with van der Waals surface area (Å²) in [7, 11) is 1.55. The molecule has 0 aromatic heterocycles. The van der Waals surface area contributed by atoms with Crippen molar-refractivity contribution in [3.63, 3.8) is 0 Å². The lowest BCUT2D eigenvalue weighted by atomic mass is 10.0. The fourth-order valence-electron chi connectivity index (χ4n) is 2.75. The van der Waals surface area contributed by atoms with Gasteiger partial charge < -0.3 is 15.7 Å². The Morgan fingerprint density at radius 2 is 1.86 bits per heavy atom. The van der Waals surface area contributed by atoms with Crippen molar-refractivity contribution < 1.29 is 14.7 Å². The van der Waals surface area contributed by atoms with E-state index in [0.717, 1.165) is 25.7 Å². The van der Waals surface area contributed by atoms with Gasteiger partial charge in [-0.1, -0.05) is 18.9 Å². The molecule has 1 aromatic carbocycles. The number of aliphatic hydroxyl groups excluding tert-OH is 1. The predicted octanol–water partition coefficient (Wildman–Crippen LogP) is 1.33. The quantitative estimate of drug-likeness (QED) is 0.765. The third-order valence-electron chi connectivity index (χ3n) is 4.03. The maximum atomic E-state index is 12.1. The average Bonchev–Trinajstić information content (AvgIpc) is 3.06. The van der Waals surface area contributed by atoms with Gasteiger partial charge in [0.25, 0.3) is 11.8 Å². The summed E-state index contributed by atoms with van der Waals surface area (Å²) in [6.07, 6.45) is 3.89. The highest BCUT2D eigenvalue weighted by atomic mass is 16.3. The number of carbonyl (C=O) groups excluding carboxylic acids is 2. The van der Waals surface area contributed by atoms with Gasteiger partial charge in [0, 0.05) is 24.7 Å². The lowest BCUT2D eigenvalue weighted by Gasteiger charge is -2.18. The highest BCUT2D eigenvalue weighted by Gasteiger charge is 2.23. The maximum Gasteiger partial charge on any atom is 0.251 e. The van der Waals surface area contributed by atoms with Crippen molar-refractivity contribution in [2.45, 2.75) is 31.8 Å². The molecule has 0 bridgehead atoms. The molecule has 5 heteroatoms. The summed E-state index contributed by atoms with van der Waals surface area (Å²) < 4.78 is 0. The van der Waals surface area contributed by atoms with Crippen molar-refractivity contribution in [1.82, 2.24) is 10.6 Å². The van der Waals surface area contributed by atoms with Crippen molar-refractivity contribution in [1.29, 1.82) is 0 Å². The van der Waals surface area contributed by atoms with Gasteiger partial charge in [0.05, 0.1) is 6.10 Å². The van der Waals surface area contributed by atoms with E-state index in [1.807, 2.05) is 0 Å². The number of carbonyl (C=O) groups is 2. The number of benzene rings is 1. The number of rotatable bonds is 5. The van der Waals surface area contributed by atoms with Gasteiger partial charge in [-0.15, -0.1) is 0 Å². The van der Waals surface area contributed by atoms with Crippen LogP contribution in [0.1, 0.15) is 46.4 Å². The largest absolute Gasteiger partial charge is 0.391 e. The molecule has 1 aliphatic carbocycles. The molecule has 1 unspecified atom stereocenters. The van der Waals surface area contributed by atoms with Crippen molar-refractivity contribution in [3.05, 3.63) is 35.4 Å². The minimum Gasteiger partial charge on any atom is -0.391 e. The standard InChI is InChI=1S/C16H22N2O3/c1-17-15(20)12-7-4-8-13(9-12)16(21)18-10-14(19)11-5-2-3-6-11/h4,7-9,11,14,19H,2-3,5-6,10H2,1H3,(H,17,20)(H,18,21). The first-order chi connectivity index (χ1) is 10.1. The molecule has 5 nitrogen and oxygen atoms in total. The fourth-order valence-corrected chi connectivity index (χ4v) is 2.75. The van der Waals surface area contributed by atoms with E-state index in [9.17, 15) is 14.7 Å². The van der Waals surface area contributed by atoms with Crippen LogP contribution < -0.4 is 10.6 Å². The first-order valence-electron chi connectivity index (χ1n) is 7.40. The number of hydrogen-bond donors (Lipinski definition) is 3. The van der Waals surface area contributed by atoms with Gasteiger partial charge in [0.15, 0.2) is 0 Å². The molecular formula is C16H22N2O3. The van der Waals surface area contributed by atoms with Gasteiger partial charge in [-0.2, -0.15) is 0 Å². The molecule has 1 aliphatic rings. The third kappa shape index (κ3) is 4.04. The third-order valence-corrected chi connectivity index (χ3v) is 4.03. The van der Waals surface area contributed by atoms with Gasteiger partial charge in [0.1, 0.15) is 0 Å². The molecule has 2 rings (SSSR count). The molecule has 114 valence electrons. The summed E-state index contributed by atoms with van der Waals surface area (Å²) in [5.74, 6) is -0.198. The zero-order valence-corrected chi connectivity index (χ0v) is 12.3. The van der Waals surface area contributed by atoms with Crippen LogP contribution in [0.15, 0.2) is 24.3 Å². The van der Waals surface area contributed by atoms with Gasteiger partial charge in [-0.3, -0.25) is 9.59 Å². The van der Waals surface area contributed by atoms with E-state index in [4.69, 9.17) is 0 Å². The van der Waals surface area contributed by atoms with Crippen molar-refractivity contribution in [2.24, 2.45) is 5.92 Å². The molecule has 0 spiro atoms. The normalized spacial score (nSPS) is 16.5. The minimum absolute atomic E-state index is 0.226. The van der Waals surface area contributed by atoms with Crippen molar-refractivity contribution in [2.75, 3.05) is 13.6 Å².